The van der Waals surface area contributed by atoms with E-state index in [1.165, 1.54) is 0 Å². The van der Waals surface area contributed by atoms with Gasteiger partial charge in [0.25, 0.3) is 0 Å². The van der Waals surface area contributed by atoms with Crippen LogP contribution >= 0.6 is 0 Å². The van der Waals surface area contributed by atoms with Crippen molar-refractivity contribution in [3.05, 3.63) is 35.9 Å². The molecule has 9 heteroatoms. The van der Waals surface area contributed by atoms with Gasteiger partial charge in [0.2, 0.25) is 0 Å². The number of benzene rings is 1. The van der Waals surface area contributed by atoms with Crippen molar-refractivity contribution < 1.29 is 27.5 Å². The molecule has 0 heterocycles. The molecule has 1 aromatic carbocycles. The fraction of sp³-hybridized carbons (Fsp3) is 0.529. The van der Waals surface area contributed by atoms with Crippen LogP contribution in [0.5, 0.6) is 0 Å². The minimum absolute atomic E-state index is 0.113. The molecule has 0 saturated heterocycles. The normalized spacial score (nSPS) is 12.9. The summed E-state index contributed by atoms with van der Waals surface area (Å²) in [5.41, 5.74) is 0.0917. The van der Waals surface area contributed by atoms with Gasteiger partial charge in [-0.2, -0.15) is 13.1 Å². The molecule has 0 aliphatic carbocycles. The van der Waals surface area contributed by atoms with Crippen LogP contribution in [-0.4, -0.2) is 38.7 Å². The number of ether oxygens (including phenoxy) is 2. The Labute approximate surface area is 154 Å². The van der Waals surface area contributed by atoms with Crippen molar-refractivity contribution in [1.82, 2.24) is 9.44 Å². The number of hydrogen-bond acceptors (Lipinski definition) is 6. The zero-order valence-corrected chi connectivity index (χ0v) is 16.3. The van der Waals surface area contributed by atoms with Crippen LogP contribution in [0.25, 0.3) is 0 Å². The Kier molecular flexibility index (Phi) is 8.04. The van der Waals surface area contributed by atoms with Crippen LogP contribution in [0, 0.1) is 0 Å². The Bertz CT molecular complexity index is 698. The lowest BCUT2D eigenvalue weighted by Crippen LogP contribution is -2.49. The first-order chi connectivity index (χ1) is 12.0. The number of carbonyl (C=O) groups excluding carboxylic acids is 2. The smallest absolute Gasteiger partial charge is 0.422 e. The molecule has 1 atom stereocenters. The van der Waals surface area contributed by atoms with E-state index < -0.39 is 33.9 Å². The summed E-state index contributed by atoms with van der Waals surface area (Å²) in [6.45, 7) is 6.55. The molecule has 1 aromatic rings. The number of amides is 1. The summed E-state index contributed by atoms with van der Waals surface area (Å²) < 4.78 is 38.0. The molecule has 1 rings (SSSR count). The van der Waals surface area contributed by atoms with Crippen LogP contribution in [0.15, 0.2) is 30.3 Å². The van der Waals surface area contributed by atoms with Gasteiger partial charge in [0, 0.05) is 0 Å². The number of rotatable bonds is 8. The standard InChI is InChI=1S/C17H26N2O6S/c1-5-24-15(20)14(12-11-13-9-7-6-8-10-13)18-26(22,23)19-16(21)25-17(2,3)4/h6-10,14,18H,5,11-12H2,1-4H3,(H,19,21)/t14-/m1/s1. The van der Waals surface area contributed by atoms with Crippen LogP contribution in [-0.2, 0) is 30.9 Å². The summed E-state index contributed by atoms with van der Waals surface area (Å²) in [5.74, 6) is -0.710. The molecule has 2 N–H and O–H groups in total. The van der Waals surface area contributed by atoms with E-state index in [0.29, 0.717) is 6.42 Å². The van der Waals surface area contributed by atoms with Gasteiger partial charge in [-0.05, 0) is 46.1 Å². The highest BCUT2D eigenvalue weighted by Gasteiger charge is 2.28. The summed E-state index contributed by atoms with van der Waals surface area (Å²) in [4.78, 5) is 23.7. The number of aryl methyl sites for hydroxylation is 1. The van der Waals surface area contributed by atoms with Gasteiger partial charge >= 0.3 is 22.3 Å². The van der Waals surface area contributed by atoms with Crippen molar-refractivity contribution in [2.45, 2.75) is 52.2 Å². The third kappa shape index (κ3) is 8.82. The second kappa shape index (κ2) is 9.54. The van der Waals surface area contributed by atoms with E-state index >= 15 is 0 Å². The first-order valence-corrected chi connectivity index (χ1v) is 9.74. The van der Waals surface area contributed by atoms with E-state index in [1.54, 1.807) is 32.4 Å². The third-order valence-electron chi connectivity index (χ3n) is 3.05. The number of carbonyl (C=O) groups is 2. The molecule has 0 spiro atoms. The van der Waals surface area contributed by atoms with E-state index in [9.17, 15) is 18.0 Å². The van der Waals surface area contributed by atoms with Crippen molar-refractivity contribution in [1.29, 1.82) is 0 Å². The molecule has 0 radical (unpaired) electrons. The Hall–Kier alpha value is -2.13. The summed E-state index contributed by atoms with van der Waals surface area (Å²) >= 11 is 0. The monoisotopic (exact) mass is 386 g/mol. The van der Waals surface area contributed by atoms with Gasteiger partial charge in [-0.15, -0.1) is 0 Å². The molecular formula is C17H26N2O6S. The summed E-state index contributed by atoms with van der Waals surface area (Å²) in [6.07, 6.45) is -0.493. The lowest BCUT2D eigenvalue weighted by atomic mass is 10.1. The predicted molar refractivity (Wildman–Crippen MR) is 96.6 cm³/mol. The minimum Gasteiger partial charge on any atom is -0.465 e. The van der Waals surface area contributed by atoms with Crippen molar-refractivity contribution in [3.8, 4) is 0 Å². The van der Waals surface area contributed by atoms with Crippen LogP contribution in [0.1, 0.15) is 39.7 Å². The van der Waals surface area contributed by atoms with E-state index in [4.69, 9.17) is 9.47 Å². The van der Waals surface area contributed by atoms with E-state index in [2.05, 4.69) is 4.72 Å². The molecule has 0 bridgehead atoms. The molecule has 1 amide bonds. The first-order valence-electron chi connectivity index (χ1n) is 8.26. The van der Waals surface area contributed by atoms with Crippen LogP contribution in [0.3, 0.4) is 0 Å². The molecule has 26 heavy (non-hydrogen) atoms. The van der Waals surface area contributed by atoms with Crippen molar-refractivity contribution >= 4 is 22.3 Å². The molecular weight excluding hydrogens is 360 g/mol. The molecule has 0 aliphatic rings. The maximum atomic E-state index is 12.1. The summed E-state index contributed by atoms with van der Waals surface area (Å²) in [7, 11) is -4.30. The Morgan fingerprint density at radius 2 is 1.77 bits per heavy atom. The third-order valence-corrected chi connectivity index (χ3v) is 4.08. The predicted octanol–water partition coefficient (Wildman–Crippen LogP) is 1.91. The molecule has 0 aromatic heterocycles. The van der Waals surface area contributed by atoms with E-state index in [-0.39, 0.29) is 13.0 Å². The molecule has 0 unspecified atom stereocenters. The first kappa shape index (κ1) is 21.9. The topological polar surface area (TPSA) is 111 Å². The molecule has 146 valence electrons. The summed E-state index contributed by atoms with van der Waals surface area (Å²) in [5, 5.41) is 0. The lowest BCUT2D eigenvalue weighted by molar-refractivity contribution is -0.145. The van der Waals surface area contributed by atoms with E-state index in [1.807, 2.05) is 30.3 Å². The number of hydrogen-bond donors (Lipinski definition) is 2. The van der Waals surface area contributed by atoms with Gasteiger partial charge in [-0.3, -0.25) is 4.79 Å². The maximum absolute atomic E-state index is 12.1. The lowest BCUT2D eigenvalue weighted by Gasteiger charge is -2.21. The molecule has 0 aliphatic heterocycles. The van der Waals surface area contributed by atoms with Crippen molar-refractivity contribution in [2.24, 2.45) is 0 Å². The highest BCUT2D eigenvalue weighted by Crippen LogP contribution is 2.09. The van der Waals surface area contributed by atoms with Gasteiger partial charge in [-0.25, -0.2) is 9.52 Å². The Balaban J connectivity index is 2.77. The van der Waals surface area contributed by atoms with Crippen molar-refractivity contribution in [3.63, 3.8) is 0 Å². The molecule has 8 nitrogen and oxygen atoms in total. The Morgan fingerprint density at radius 3 is 2.31 bits per heavy atom. The zero-order chi connectivity index (χ0) is 19.8. The average molecular weight is 386 g/mol. The second-order valence-electron chi connectivity index (χ2n) is 6.55. The fourth-order valence-electron chi connectivity index (χ4n) is 2.05. The summed E-state index contributed by atoms with van der Waals surface area (Å²) in [6, 6.07) is 8.17. The zero-order valence-electron chi connectivity index (χ0n) is 15.4. The van der Waals surface area contributed by atoms with Gasteiger partial charge in [0.15, 0.2) is 0 Å². The van der Waals surface area contributed by atoms with Gasteiger partial charge in [0.1, 0.15) is 11.6 Å². The van der Waals surface area contributed by atoms with Gasteiger partial charge < -0.3 is 9.47 Å². The number of nitrogens with one attached hydrogen (secondary N) is 2. The van der Waals surface area contributed by atoms with Crippen LogP contribution in [0.2, 0.25) is 0 Å². The maximum Gasteiger partial charge on any atom is 0.422 e. The SMILES string of the molecule is CCOC(=O)[C@@H](CCc1ccccc1)NS(=O)(=O)NC(=O)OC(C)(C)C. The van der Waals surface area contributed by atoms with Crippen molar-refractivity contribution in [2.75, 3.05) is 6.61 Å². The van der Waals surface area contributed by atoms with E-state index in [0.717, 1.165) is 5.56 Å². The molecule has 0 saturated carbocycles. The number of esters is 1. The fourth-order valence-corrected chi connectivity index (χ4v) is 2.96. The second-order valence-corrected chi connectivity index (χ2v) is 8.00. The quantitative estimate of drug-likeness (QED) is 0.660. The largest absolute Gasteiger partial charge is 0.465 e. The Morgan fingerprint density at radius 1 is 1.15 bits per heavy atom. The highest BCUT2D eigenvalue weighted by molar-refractivity contribution is 7.88. The minimum atomic E-state index is -4.30. The average Bonchev–Trinajstić information content (AvgIpc) is 2.50. The van der Waals surface area contributed by atoms with Gasteiger partial charge in [0.05, 0.1) is 6.61 Å². The van der Waals surface area contributed by atoms with Gasteiger partial charge in [-0.1, -0.05) is 30.3 Å². The molecule has 0 fully saturated rings. The highest BCUT2D eigenvalue weighted by atomic mass is 32.2. The van der Waals surface area contributed by atoms with Crippen LogP contribution < -0.4 is 9.44 Å². The van der Waals surface area contributed by atoms with Crippen LogP contribution in [0.4, 0.5) is 4.79 Å².